The third-order valence-corrected chi connectivity index (χ3v) is 5.48. The van der Waals surface area contributed by atoms with Crippen molar-refractivity contribution in [2.45, 2.75) is 39.1 Å². The second kappa shape index (κ2) is 6.43. The standard InChI is InChI=1S/C14H23ClN2O2S/c1-10(14(2,3)4)9-17-20(18,19)13-7-11(8-16)5-6-12(13)15/h5-7,10,17H,8-9,16H2,1-4H3. The molecule has 1 unspecified atom stereocenters. The maximum atomic E-state index is 12.3. The van der Waals surface area contributed by atoms with Gasteiger partial charge in [-0.2, -0.15) is 0 Å². The Morgan fingerprint density at radius 2 is 1.95 bits per heavy atom. The first-order chi connectivity index (χ1) is 9.08. The predicted octanol–water partition coefficient (Wildman–Crippen LogP) is 2.76. The van der Waals surface area contributed by atoms with Crippen LogP contribution in [0.1, 0.15) is 33.3 Å². The predicted molar refractivity (Wildman–Crippen MR) is 83.2 cm³/mol. The normalized spacial score (nSPS) is 14.3. The number of rotatable bonds is 5. The fraction of sp³-hybridized carbons (Fsp3) is 0.571. The minimum atomic E-state index is -3.62. The molecule has 1 aromatic rings. The molecule has 1 aromatic carbocycles. The van der Waals surface area contributed by atoms with Crippen LogP contribution in [0.15, 0.2) is 23.1 Å². The van der Waals surface area contributed by atoms with Crippen molar-refractivity contribution in [3.8, 4) is 0 Å². The Balaban J connectivity index is 2.95. The molecule has 114 valence electrons. The monoisotopic (exact) mass is 318 g/mol. The molecule has 0 amide bonds. The van der Waals surface area contributed by atoms with Crippen LogP contribution in [0.5, 0.6) is 0 Å². The topological polar surface area (TPSA) is 72.2 Å². The van der Waals surface area contributed by atoms with E-state index in [2.05, 4.69) is 25.5 Å². The van der Waals surface area contributed by atoms with Crippen molar-refractivity contribution in [2.24, 2.45) is 17.1 Å². The highest BCUT2D eigenvalue weighted by Gasteiger charge is 2.24. The molecule has 0 aromatic heterocycles. The number of sulfonamides is 1. The molecule has 0 aliphatic heterocycles. The average Bonchev–Trinajstić information content (AvgIpc) is 2.35. The lowest BCUT2D eigenvalue weighted by Crippen LogP contribution is -2.33. The van der Waals surface area contributed by atoms with E-state index in [0.717, 1.165) is 5.56 Å². The van der Waals surface area contributed by atoms with Gasteiger partial charge in [-0.3, -0.25) is 0 Å². The van der Waals surface area contributed by atoms with Gasteiger partial charge in [-0.05, 0) is 29.0 Å². The molecular formula is C14H23ClN2O2S. The molecule has 1 rings (SSSR count). The van der Waals surface area contributed by atoms with Crippen molar-refractivity contribution >= 4 is 21.6 Å². The maximum Gasteiger partial charge on any atom is 0.242 e. The van der Waals surface area contributed by atoms with Crippen LogP contribution >= 0.6 is 11.6 Å². The van der Waals surface area contributed by atoms with Crippen LogP contribution in [0.4, 0.5) is 0 Å². The molecule has 3 N–H and O–H groups in total. The van der Waals surface area contributed by atoms with Gasteiger partial charge in [0.2, 0.25) is 10.0 Å². The summed E-state index contributed by atoms with van der Waals surface area (Å²) in [7, 11) is -3.62. The van der Waals surface area contributed by atoms with E-state index in [1.165, 1.54) is 6.07 Å². The van der Waals surface area contributed by atoms with Crippen LogP contribution in [-0.4, -0.2) is 15.0 Å². The molecule has 0 fully saturated rings. The van der Waals surface area contributed by atoms with Crippen molar-refractivity contribution in [2.75, 3.05) is 6.54 Å². The van der Waals surface area contributed by atoms with Gasteiger partial charge in [0.25, 0.3) is 0 Å². The van der Waals surface area contributed by atoms with Gasteiger partial charge in [0.05, 0.1) is 5.02 Å². The molecular weight excluding hydrogens is 296 g/mol. The molecule has 0 saturated carbocycles. The Labute approximate surface area is 126 Å². The summed E-state index contributed by atoms with van der Waals surface area (Å²) in [5, 5.41) is 0.207. The fourth-order valence-electron chi connectivity index (χ4n) is 1.50. The van der Waals surface area contributed by atoms with Gasteiger partial charge in [-0.15, -0.1) is 0 Å². The van der Waals surface area contributed by atoms with Crippen LogP contribution in [0.25, 0.3) is 0 Å². The van der Waals surface area contributed by atoms with Crippen molar-refractivity contribution < 1.29 is 8.42 Å². The van der Waals surface area contributed by atoms with E-state index in [4.69, 9.17) is 17.3 Å². The lowest BCUT2D eigenvalue weighted by atomic mass is 9.82. The van der Waals surface area contributed by atoms with Crippen molar-refractivity contribution in [3.63, 3.8) is 0 Å². The van der Waals surface area contributed by atoms with Gasteiger partial charge in [-0.25, -0.2) is 13.1 Å². The largest absolute Gasteiger partial charge is 0.326 e. The molecule has 0 aliphatic carbocycles. The molecule has 20 heavy (non-hydrogen) atoms. The van der Waals surface area contributed by atoms with Crippen molar-refractivity contribution in [1.29, 1.82) is 0 Å². The molecule has 0 spiro atoms. The third kappa shape index (κ3) is 4.45. The number of hydrogen-bond acceptors (Lipinski definition) is 3. The molecule has 0 aliphatic rings. The van der Waals surface area contributed by atoms with Gasteiger partial charge in [0, 0.05) is 13.1 Å². The fourth-order valence-corrected chi connectivity index (χ4v) is 3.18. The zero-order valence-corrected chi connectivity index (χ0v) is 14.0. The van der Waals surface area contributed by atoms with Crippen LogP contribution in [-0.2, 0) is 16.6 Å². The number of nitrogens with two attached hydrogens (primary N) is 1. The van der Waals surface area contributed by atoms with E-state index in [1.54, 1.807) is 12.1 Å². The van der Waals surface area contributed by atoms with Crippen molar-refractivity contribution in [1.82, 2.24) is 4.72 Å². The highest BCUT2D eigenvalue weighted by Crippen LogP contribution is 2.26. The number of nitrogens with one attached hydrogen (secondary N) is 1. The molecule has 1 atom stereocenters. The molecule has 0 saturated heterocycles. The molecule has 6 heteroatoms. The minimum Gasteiger partial charge on any atom is -0.326 e. The highest BCUT2D eigenvalue weighted by molar-refractivity contribution is 7.89. The number of halogens is 1. The maximum absolute atomic E-state index is 12.3. The van der Waals surface area contributed by atoms with E-state index in [0.29, 0.717) is 6.54 Å². The second-order valence-electron chi connectivity index (χ2n) is 6.09. The van der Waals surface area contributed by atoms with Crippen LogP contribution in [0.3, 0.4) is 0 Å². The summed E-state index contributed by atoms with van der Waals surface area (Å²) in [5.41, 5.74) is 6.30. The lowest BCUT2D eigenvalue weighted by molar-refractivity contribution is 0.263. The first-order valence-corrected chi connectivity index (χ1v) is 8.42. The van der Waals surface area contributed by atoms with Crippen molar-refractivity contribution in [3.05, 3.63) is 28.8 Å². The summed E-state index contributed by atoms with van der Waals surface area (Å²) in [6, 6.07) is 4.80. The summed E-state index contributed by atoms with van der Waals surface area (Å²) in [6.07, 6.45) is 0. The quantitative estimate of drug-likeness (QED) is 0.876. The SMILES string of the molecule is CC(CNS(=O)(=O)c1cc(CN)ccc1Cl)C(C)(C)C. The smallest absolute Gasteiger partial charge is 0.242 e. The third-order valence-electron chi connectivity index (χ3n) is 3.58. The van der Waals surface area contributed by atoms with Gasteiger partial charge in [-0.1, -0.05) is 45.4 Å². The van der Waals surface area contributed by atoms with Gasteiger partial charge < -0.3 is 5.73 Å². The van der Waals surface area contributed by atoms with Crippen LogP contribution in [0.2, 0.25) is 5.02 Å². The Hall–Kier alpha value is -0.620. The lowest BCUT2D eigenvalue weighted by Gasteiger charge is -2.27. The van der Waals surface area contributed by atoms with E-state index < -0.39 is 10.0 Å². The Morgan fingerprint density at radius 3 is 2.45 bits per heavy atom. The highest BCUT2D eigenvalue weighted by atomic mass is 35.5. The summed E-state index contributed by atoms with van der Waals surface area (Å²) in [4.78, 5) is 0.0863. The Kier molecular flexibility index (Phi) is 5.61. The van der Waals surface area contributed by atoms with E-state index >= 15 is 0 Å². The Bertz CT molecular complexity index is 565. The Morgan fingerprint density at radius 1 is 1.35 bits per heavy atom. The van der Waals surface area contributed by atoms with E-state index in [1.807, 2.05) is 6.92 Å². The second-order valence-corrected chi connectivity index (χ2v) is 8.23. The number of benzene rings is 1. The summed E-state index contributed by atoms with van der Waals surface area (Å²) in [6.45, 7) is 8.89. The summed E-state index contributed by atoms with van der Waals surface area (Å²) >= 11 is 5.98. The van der Waals surface area contributed by atoms with Crippen LogP contribution in [0, 0.1) is 11.3 Å². The number of hydrogen-bond donors (Lipinski definition) is 2. The molecule has 0 heterocycles. The van der Waals surface area contributed by atoms with Crippen LogP contribution < -0.4 is 10.5 Å². The van der Waals surface area contributed by atoms with Gasteiger partial charge in [0.1, 0.15) is 4.90 Å². The molecule has 0 radical (unpaired) electrons. The zero-order chi connectivity index (χ0) is 15.6. The first kappa shape index (κ1) is 17.4. The molecule has 0 bridgehead atoms. The first-order valence-electron chi connectivity index (χ1n) is 6.56. The van der Waals surface area contributed by atoms with E-state index in [9.17, 15) is 8.42 Å². The van der Waals surface area contributed by atoms with Gasteiger partial charge in [0.15, 0.2) is 0 Å². The molecule has 4 nitrogen and oxygen atoms in total. The average molecular weight is 319 g/mol. The van der Waals surface area contributed by atoms with Gasteiger partial charge >= 0.3 is 0 Å². The minimum absolute atomic E-state index is 0.0332. The zero-order valence-electron chi connectivity index (χ0n) is 12.4. The summed E-state index contributed by atoms with van der Waals surface area (Å²) < 4.78 is 27.3. The summed E-state index contributed by atoms with van der Waals surface area (Å²) in [5.74, 6) is 0.203. The van der Waals surface area contributed by atoms with E-state index in [-0.39, 0.29) is 27.8 Å².